The van der Waals surface area contributed by atoms with Crippen molar-refractivity contribution in [2.75, 3.05) is 0 Å². The lowest BCUT2D eigenvalue weighted by Gasteiger charge is -2.13. The van der Waals surface area contributed by atoms with Crippen LogP contribution in [-0.2, 0) is 27.4 Å². The number of amides is 3. The maximum absolute atomic E-state index is 12.1. The molecule has 0 aliphatic carbocycles. The molecule has 1 aromatic heterocycles. The van der Waals surface area contributed by atoms with E-state index in [9.17, 15) is 14.4 Å². The third-order valence-corrected chi connectivity index (χ3v) is 4.24. The van der Waals surface area contributed by atoms with E-state index in [4.69, 9.17) is 4.74 Å². The van der Waals surface area contributed by atoms with Crippen LogP contribution in [-0.4, -0.2) is 44.2 Å². The summed E-state index contributed by atoms with van der Waals surface area (Å²) in [5, 5.41) is 16.6. The van der Waals surface area contributed by atoms with Crippen molar-refractivity contribution in [3.8, 4) is 11.4 Å². The summed E-state index contributed by atoms with van der Waals surface area (Å²) in [6.45, 7) is 3.27. The molecule has 0 aliphatic rings. The lowest BCUT2D eigenvalue weighted by atomic mass is 10.1. The molecule has 0 saturated heterocycles. The summed E-state index contributed by atoms with van der Waals surface area (Å²) < 4.78 is 5.05. The normalized spacial score (nSPS) is 11.4. The van der Waals surface area contributed by atoms with E-state index in [2.05, 4.69) is 26.0 Å². The Balaban J connectivity index is 1.44. The minimum Gasteiger partial charge on any atom is -0.451 e. The fourth-order valence-corrected chi connectivity index (χ4v) is 2.57. The first-order valence-electron chi connectivity index (χ1n) is 9.57. The van der Waals surface area contributed by atoms with Gasteiger partial charge in [0.15, 0.2) is 12.6 Å². The molecule has 2 aromatic carbocycles. The molecular formula is C21H22N6O4. The number of carbonyl (C=O) groups is 3. The van der Waals surface area contributed by atoms with Crippen LogP contribution < -0.4 is 10.6 Å². The zero-order chi connectivity index (χ0) is 22.2. The van der Waals surface area contributed by atoms with Gasteiger partial charge in [0.1, 0.15) is 0 Å². The molecule has 3 aromatic rings. The smallest absolute Gasteiger partial charge is 0.330 e. The molecule has 1 atom stereocenters. The number of nitrogens with one attached hydrogen (secondary N) is 2. The van der Waals surface area contributed by atoms with Crippen molar-refractivity contribution in [3.05, 3.63) is 65.7 Å². The number of urea groups is 1. The maximum atomic E-state index is 12.1. The second-order valence-corrected chi connectivity index (χ2v) is 6.80. The Hall–Kier alpha value is -4.08. The Labute approximate surface area is 178 Å². The summed E-state index contributed by atoms with van der Waals surface area (Å²) in [5.74, 6) is -1.11. The Morgan fingerprint density at radius 3 is 2.48 bits per heavy atom. The van der Waals surface area contributed by atoms with E-state index in [1.165, 1.54) is 6.92 Å². The van der Waals surface area contributed by atoms with Crippen LogP contribution in [0.2, 0.25) is 0 Å². The van der Waals surface area contributed by atoms with E-state index in [1.54, 1.807) is 0 Å². The SMILES string of the molecule is Cc1ccc(-c2nnn(CC(=O)OC(C)C(=O)NC(=O)NCc3ccccc3)n2)cc1. The second-order valence-electron chi connectivity index (χ2n) is 6.80. The average molecular weight is 422 g/mol. The van der Waals surface area contributed by atoms with Crippen LogP contribution >= 0.6 is 0 Å². The number of aromatic nitrogens is 4. The monoisotopic (exact) mass is 422 g/mol. The highest BCUT2D eigenvalue weighted by Crippen LogP contribution is 2.13. The number of ether oxygens (including phenoxy) is 1. The van der Waals surface area contributed by atoms with Crippen molar-refractivity contribution in [1.29, 1.82) is 0 Å². The van der Waals surface area contributed by atoms with E-state index < -0.39 is 24.0 Å². The average Bonchev–Trinajstić information content (AvgIpc) is 3.21. The molecule has 0 saturated carbocycles. The zero-order valence-corrected chi connectivity index (χ0v) is 17.1. The highest BCUT2D eigenvalue weighted by molar-refractivity contribution is 5.97. The van der Waals surface area contributed by atoms with E-state index in [-0.39, 0.29) is 13.1 Å². The summed E-state index contributed by atoms with van der Waals surface area (Å²) in [6, 6.07) is 16.1. The zero-order valence-electron chi connectivity index (χ0n) is 17.1. The van der Waals surface area contributed by atoms with Crippen LogP contribution in [0.25, 0.3) is 11.4 Å². The standard InChI is InChI=1S/C21H22N6O4/c1-14-8-10-17(11-9-14)19-24-26-27(25-19)13-18(28)31-15(2)20(29)23-21(30)22-12-16-6-4-3-5-7-16/h3-11,15H,12-13H2,1-2H3,(H2,22,23,29,30). The molecule has 0 aliphatic heterocycles. The molecule has 0 spiro atoms. The van der Waals surface area contributed by atoms with Gasteiger partial charge >= 0.3 is 12.0 Å². The van der Waals surface area contributed by atoms with Crippen LogP contribution in [0.5, 0.6) is 0 Å². The van der Waals surface area contributed by atoms with Gasteiger partial charge in [-0.1, -0.05) is 60.2 Å². The number of hydrogen-bond acceptors (Lipinski definition) is 7. The van der Waals surface area contributed by atoms with Crippen molar-refractivity contribution in [2.24, 2.45) is 0 Å². The van der Waals surface area contributed by atoms with E-state index in [0.29, 0.717) is 5.82 Å². The van der Waals surface area contributed by atoms with Crippen LogP contribution in [0.3, 0.4) is 0 Å². The first-order chi connectivity index (χ1) is 14.9. The highest BCUT2D eigenvalue weighted by atomic mass is 16.5. The van der Waals surface area contributed by atoms with Gasteiger partial charge in [-0.15, -0.1) is 10.2 Å². The van der Waals surface area contributed by atoms with Crippen molar-refractivity contribution in [3.63, 3.8) is 0 Å². The van der Waals surface area contributed by atoms with Crippen LogP contribution in [0.15, 0.2) is 54.6 Å². The van der Waals surface area contributed by atoms with Crippen molar-refractivity contribution >= 4 is 17.9 Å². The predicted octanol–water partition coefficient (Wildman–Crippen LogP) is 1.61. The molecule has 1 heterocycles. The summed E-state index contributed by atoms with van der Waals surface area (Å²) in [4.78, 5) is 37.1. The fourth-order valence-electron chi connectivity index (χ4n) is 2.57. The molecule has 3 amide bonds. The summed E-state index contributed by atoms with van der Waals surface area (Å²) in [5.41, 5.74) is 2.75. The molecular weight excluding hydrogens is 400 g/mol. The number of nitrogens with zero attached hydrogens (tertiary/aromatic N) is 4. The minimum absolute atomic E-state index is 0.259. The van der Waals surface area contributed by atoms with E-state index >= 15 is 0 Å². The van der Waals surface area contributed by atoms with Gasteiger partial charge in [0.25, 0.3) is 5.91 Å². The van der Waals surface area contributed by atoms with Crippen LogP contribution in [0.4, 0.5) is 4.79 Å². The second kappa shape index (κ2) is 10.1. The Kier molecular flexibility index (Phi) is 7.05. The molecule has 0 radical (unpaired) electrons. The topological polar surface area (TPSA) is 128 Å². The third kappa shape index (κ3) is 6.46. The quantitative estimate of drug-likeness (QED) is 0.554. The lowest BCUT2D eigenvalue weighted by Crippen LogP contribution is -2.44. The van der Waals surface area contributed by atoms with Gasteiger partial charge in [0.2, 0.25) is 5.82 Å². The number of hydrogen-bond donors (Lipinski definition) is 2. The first kappa shape index (κ1) is 21.6. The number of benzene rings is 2. The Bertz CT molecular complexity index is 1050. The number of esters is 1. The third-order valence-electron chi connectivity index (χ3n) is 4.24. The van der Waals surface area contributed by atoms with E-state index in [1.807, 2.05) is 61.5 Å². The molecule has 0 bridgehead atoms. The molecule has 1 unspecified atom stereocenters. The van der Waals surface area contributed by atoms with Gasteiger partial charge in [-0.05, 0) is 24.6 Å². The van der Waals surface area contributed by atoms with Gasteiger partial charge in [0.05, 0.1) is 0 Å². The lowest BCUT2D eigenvalue weighted by molar-refractivity contribution is -0.155. The van der Waals surface area contributed by atoms with Crippen molar-refractivity contribution in [2.45, 2.75) is 33.0 Å². The predicted molar refractivity (Wildman–Crippen MR) is 110 cm³/mol. The van der Waals surface area contributed by atoms with Gasteiger partial charge in [0, 0.05) is 12.1 Å². The summed E-state index contributed by atoms with van der Waals surface area (Å²) >= 11 is 0. The molecule has 10 nitrogen and oxygen atoms in total. The Morgan fingerprint density at radius 1 is 1.06 bits per heavy atom. The summed E-state index contributed by atoms with van der Waals surface area (Å²) in [6.07, 6.45) is -1.17. The van der Waals surface area contributed by atoms with Gasteiger partial charge in [-0.25, -0.2) is 9.59 Å². The maximum Gasteiger partial charge on any atom is 0.330 e. The summed E-state index contributed by atoms with van der Waals surface area (Å²) in [7, 11) is 0. The van der Waals surface area contributed by atoms with Gasteiger partial charge in [-0.3, -0.25) is 10.1 Å². The van der Waals surface area contributed by atoms with Crippen LogP contribution in [0, 0.1) is 6.92 Å². The molecule has 31 heavy (non-hydrogen) atoms. The van der Waals surface area contributed by atoms with E-state index in [0.717, 1.165) is 21.5 Å². The number of tetrazole rings is 1. The molecule has 2 N–H and O–H groups in total. The number of imide groups is 1. The molecule has 160 valence electrons. The Morgan fingerprint density at radius 2 is 1.77 bits per heavy atom. The first-order valence-corrected chi connectivity index (χ1v) is 9.57. The largest absolute Gasteiger partial charge is 0.451 e. The molecule has 10 heteroatoms. The van der Waals surface area contributed by atoms with Gasteiger partial charge < -0.3 is 10.1 Å². The van der Waals surface area contributed by atoms with Crippen molar-refractivity contribution < 1.29 is 19.1 Å². The molecule has 0 fully saturated rings. The number of rotatable bonds is 7. The van der Waals surface area contributed by atoms with Crippen molar-refractivity contribution in [1.82, 2.24) is 30.8 Å². The number of carbonyl (C=O) groups excluding carboxylic acids is 3. The number of aryl methyl sites for hydroxylation is 1. The highest BCUT2D eigenvalue weighted by Gasteiger charge is 2.21. The molecule has 3 rings (SSSR count). The van der Waals surface area contributed by atoms with Gasteiger partial charge in [-0.2, -0.15) is 4.80 Å². The minimum atomic E-state index is -1.17. The van der Waals surface area contributed by atoms with Crippen LogP contribution in [0.1, 0.15) is 18.1 Å². The fraction of sp³-hybridized carbons (Fsp3) is 0.238.